The van der Waals surface area contributed by atoms with Crippen LogP contribution in [-0.4, -0.2) is 29.5 Å². The Morgan fingerprint density at radius 1 is 1.39 bits per heavy atom. The van der Waals surface area contributed by atoms with E-state index in [1.807, 2.05) is 43.3 Å². The molecule has 0 spiro atoms. The maximum atomic E-state index is 12.7. The van der Waals surface area contributed by atoms with E-state index in [2.05, 4.69) is 13.5 Å². The molecule has 4 heteroatoms. The van der Waals surface area contributed by atoms with E-state index < -0.39 is 6.09 Å². The molecule has 3 atom stereocenters. The smallest absolute Gasteiger partial charge is 0.416 e. The summed E-state index contributed by atoms with van der Waals surface area (Å²) in [6.45, 7) is 7.98. The summed E-state index contributed by atoms with van der Waals surface area (Å²) in [5.41, 5.74) is 1.10. The van der Waals surface area contributed by atoms with Crippen molar-refractivity contribution in [3.05, 3.63) is 48.6 Å². The number of carbonyl (C=O) groups is 2. The maximum absolute atomic E-state index is 12.7. The van der Waals surface area contributed by atoms with Gasteiger partial charge in [-0.1, -0.05) is 50.3 Å². The Labute approximate surface area is 138 Å². The van der Waals surface area contributed by atoms with Gasteiger partial charge in [0.25, 0.3) is 0 Å². The molecule has 1 aromatic rings. The molecule has 1 heterocycles. The van der Waals surface area contributed by atoms with E-state index in [1.165, 1.54) is 4.90 Å². The molecule has 1 aliphatic rings. The first-order valence-corrected chi connectivity index (χ1v) is 8.17. The van der Waals surface area contributed by atoms with Crippen LogP contribution in [0.4, 0.5) is 4.79 Å². The average Bonchev–Trinajstić information content (AvgIpc) is 2.88. The molecule has 0 bridgehead atoms. The molecular weight excluding hydrogens is 290 g/mol. The van der Waals surface area contributed by atoms with Gasteiger partial charge < -0.3 is 4.74 Å². The zero-order chi connectivity index (χ0) is 16.8. The Morgan fingerprint density at radius 3 is 2.74 bits per heavy atom. The number of nitrogens with zero attached hydrogens (tertiary/aromatic N) is 1. The number of rotatable bonds is 7. The lowest BCUT2D eigenvalue weighted by Crippen LogP contribution is -2.43. The fourth-order valence-corrected chi connectivity index (χ4v) is 3.09. The molecule has 1 aliphatic heterocycles. The number of allylic oxidation sites excluding steroid dienone is 1. The van der Waals surface area contributed by atoms with Crippen molar-refractivity contribution in [3.8, 4) is 0 Å². The predicted octanol–water partition coefficient (Wildman–Crippen LogP) is 3.81. The van der Waals surface area contributed by atoms with Crippen molar-refractivity contribution in [1.29, 1.82) is 0 Å². The van der Waals surface area contributed by atoms with Crippen LogP contribution >= 0.6 is 0 Å². The van der Waals surface area contributed by atoms with Crippen molar-refractivity contribution in [2.75, 3.05) is 6.61 Å². The Balaban J connectivity index is 2.03. The van der Waals surface area contributed by atoms with Crippen LogP contribution < -0.4 is 0 Å². The van der Waals surface area contributed by atoms with Crippen molar-refractivity contribution < 1.29 is 14.3 Å². The monoisotopic (exact) mass is 315 g/mol. The van der Waals surface area contributed by atoms with Crippen molar-refractivity contribution in [2.45, 2.75) is 39.2 Å². The number of hydrogen-bond donors (Lipinski definition) is 0. The van der Waals surface area contributed by atoms with E-state index >= 15 is 0 Å². The number of imide groups is 1. The molecule has 0 N–H and O–H groups in total. The van der Waals surface area contributed by atoms with Gasteiger partial charge in [-0.3, -0.25) is 4.79 Å². The number of hydrogen-bond acceptors (Lipinski definition) is 3. The minimum Gasteiger partial charge on any atom is -0.447 e. The SMILES string of the molecule is C=CC[C@H](C)C[C@H](C)C(=O)N1C(=O)OC[C@H]1Cc1ccccc1. The Bertz CT molecular complexity index is 555. The molecule has 1 saturated heterocycles. The molecule has 1 fully saturated rings. The quantitative estimate of drug-likeness (QED) is 0.719. The van der Waals surface area contributed by atoms with Gasteiger partial charge in [0.1, 0.15) is 6.61 Å². The molecular formula is C19H25NO3. The van der Waals surface area contributed by atoms with Crippen LogP contribution in [-0.2, 0) is 16.0 Å². The minimum atomic E-state index is -0.515. The second kappa shape index (κ2) is 7.95. The lowest BCUT2D eigenvalue weighted by atomic mass is 9.93. The van der Waals surface area contributed by atoms with Gasteiger partial charge in [0.15, 0.2) is 0 Å². The summed E-state index contributed by atoms with van der Waals surface area (Å²) in [6.07, 6.45) is 3.60. The molecule has 2 amide bonds. The summed E-state index contributed by atoms with van der Waals surface area (Å²) < 4.78 is 5.12. The fourth-order valence-electron chi connectivity index (χ4n) is 3.09. The van der Waals surface area contributed by atoms with E-state index in [1.54, 1.807) is 0 Å². The molecule has 0 saturated carbocycles. The molecule has 4 nitrogen and oxygen atoms in total. The normalized spacial score (nSPS) is 20.0. The largest absolute Gasteiger partial charge is 0.447 e. The van der Waals surface area contributed by atoms with Crippen molar-refractivity contribution >= 4 is 12.0 Å². The molecule has 2 rings (SSSR count). The topological polar surface area (TPSA) is 46.6 Å². The third-order valence-corrected chi connectivity index (χ3v) is 4.26. The lowest BCUT2D eigenvalue weighted by molar-refractivity contribution is -0.133. The van der Waals surface area contributed by atoms with Crippen molar-refractivity contribution in [1.82, 2.24) is 4.90 Å². The number of amides is 2. The Hall–Kier alpha value is -2.10. The van der Waals surface area contributed by atoms with Gasteiger partial charge in [0, 0.05) is 5.92 Å². The highest BCUT2D eigenvalue weighted by atomic mass is 16.6. The number of carbonyl (C=O) groups excluding carboxylic acids is 2. The third-order valence-electron chi connectivity index (χ3n) is 4.26. The van der Waals surface area contributed by atoms with Crippen molar-refractivity contribution in [2.24, 2.45) is 11.8 Å². The molecule has 124 valence electrons. The van der Waals surface area contributed by atoms with Crippen LogP contribution in [0.5, 0.6) is 0 Å². The summed E-state index contributed by atoms with van der Waals surface area (Å²) in [6, 6.07) is 9.65. The van der Waals surface area contributed by atoms with Crippen LogP contribution in [0.25, 0.3) is 0 Å². The summed E-state index contributed by atoms with van der Waals surface area (Å²) in [5, 5.41) is 0. The van der Waals surface area contributed by atoms with Crippen LogP contribution in [0.2, 0.25) is 0 Å². The van der Waals surface area contributed by atoms with E-state index in [0.29, 0.717) is 12.3 Å². The number of benzene rings is 1. The zero-order valence-electron chi connectivity index (χ0n) is 13.9. The van der Waals surface area contributed by atoms with E-state index in [-0.39, 0.29) is 24.5 Å². The average molecular weight is 315 g/mol. The second-order valence-electron chi connectivity index (χ2n) is 6.39. The first kappa shape index (κ1) is 17.3. The van der Waals surface area contributed by atoms with Gasteiger partial charge in [0.2, 0.25) is 5.91 Å². The first-order valence-electron chi connectivity index (χ1n) is 8.17. The molecule has 0 aliphatic carbocycles. The lowest BCUT2D eigenvalue weighted by Gasteiger charge is -2.24. The molecule has 0 aromatic heterocycles. The van der Waals surface area contributed by atoms with Crippen LogP contribution in [0.15, 0.2) is 43.0 Å². The molecule has 0 unspecified atom stereocenters. The highest BCUT2D eigenvalue weighted by molar-refractivity contribution is 5.94. The highest BCUT2D eigenvalue weighted by Gasteiger charge is 2.39. The van der Waals surface area contributed by atoms with Gasteiger partial charge in [-0.05, 0) is 30.7 Å². The van der Waals surface area contributed by atoms with E-state index in [4.69, 9.17) is 4.74 Å². The van der Waals surface area contributed by atoms with E-state index in [9.17, 15) is 9.59 Å². The minimum absolute atomic E-state index is 0.135. The number of cyclic esters (lactones) is 1. The Morgan fingerprint density at radius 2 is 2.09 bits per heavy atom. The van der Waals surface area contributed by atoms with Crippen molar-refractivity contribution in [3.63, 3.8) is 0 Å². The predicted molar refractivity (Wildman–Crippen MR) is 89.9 cm³/mol. The summed E-state index contributed by atoms with van der Waals surface area (Å²) in [5.74, 6) is 0.0378. The van der Waals surface area contributed by atoms with Crippen LogP contribution in [0, 0.1) is 11.8 Å². The van der Waals surface area contributed by atoms with E-state index in [0.717, 1.165) is 18.4 Å². The van der Waals surface area contributed by atoms with Crippen LogP contribution in [0.3, 0.4) is 0 Å². The zero-order valence-corrected chi connectivity index (χ0v) is 13.9. The Kier molecular flexibility index (Phi) is 5.97. The van der Waals surface area contributed by atoms with Crippen LogP contribution in [0.1, 0.15) is 32.3 Å². The highest BCUT2D eigenvalue weighted by Crippen LogP contribution is 2.23. The summed E-state index contributed by atoms with van der Waals surface area (Å²) >= 11 is 0. The third kappa shape index (κ3) is 4.44. The first-order chi connectivity index (χ1) is 11.0. The summed E-state index contributed by atoms with van der Waals surface area (Å²) in [4.78, 5) is 26.0. The molecule has 23 heavy (non-hydrogen) atoms. The van der Waals surface area contributed by atoms with Gasteiger partial charge in [-0.15, -0.1) is 6.58 Å². The fraction of sp³-hybridized carbons (Fsp3) is 0.474. The van der Waals surface area contributed by atoms with Gasteiger partial charge in [-0.25, -0.2) is 9.69 Å². The molecule has 0 radical (unpaired) electrons. The summed E-state index contributed by atoms with van der Waals surface area (Å²) in [7, 11) is 0. The van der Waals surface area contributed by atoms with Gasteiger partial charge >= 0.3 is 6.09 Å². The maximum Gasteiger partial charge on any atom is 0.416 e. The molecule has 1 aromatic carbocycles. The standard InChI is InChI=1S/C19H25NO3/c1-4-8-14(2)11-15(3)18(21)20-17(13-23-19(20)22)12-16-9-6-5-7-10-16/h4-7,9-10,14-15,17H,1,8,11-13H2,2-3H3/t14-,15-,17+/m0/s1. The van der Waals surface area contributed by atoms with Gasteiger partial charge in [0.05, 0.1) is 6.04 Å². The second-order valence-corrected chi connectivity index (χ2v) is 6.39. The number of ether oxygens (including phenoxy) is 1. The van der Waals surface area contributed by atoms with Gasteiger partial charge in [-0.2, -0.15) is 0 Å².